The Labute approximate surface area is 194 Å². The number of aliphatic hydroxyl groups excluding tert-OH is 1. The minimum absolute atomic E-state index is 0.0669. The predicted octanol–water partition coefficient (Wildman–Crippen LogP) is 3.54. The number of ether oxygens (including phenoxy) is 2. The standard InChI is InChI=1S/C23H26FN3O5S/c1-5-15(11-28)27-22(30)16-9-19(31-3)20(32-4)10-18(16)26-23(27)33-12-21(29)25-14-7-6-13(2)17(24)8-14/h6-10,15,28H,5,11-12H2,1-4H3,(H,25,29)/t15-/m0/s1. The summed E-state index contributed by atoms with van der Waals surface area (Å²) in [5.41, 5.74) is 0.843. The number of nitrogens with one attached hydrogen (secondary N) is 1. The molecule has 0 aliphatic carbocycles. The lowest BCUT2D eigenvalue weighted by atomic mass is 10.2. The highest BCUT2D eigenvalue weighted by molar-refractivity contribution is 7.99. The minimum atomic E-state index is -0.515. The first-order chi connectivity index (χ1) is 15.8. The van der Waals surface area contributed by atoms with Gasteiger partial charge < -0.3 is 19.9 Å². The number of thioether (sulfide) groups is 1. The summed E-state index contributed by atoms with van der Waals surface area (Å²) >= 11 is 1.06. The number of fused-ring (bicyclic) bond motifs is 1. The third-order valence-electron chi connectivity index (χ3n) is 5.21. The summed E-state index contributed by atoms with van der Waals surface area (Å²) in [5, 5.41) is 13.1. The van der Waals surface area contributed by atoms with Gasteiger partial charge in [-0.3, -0.25) is 14.2 Å². The number of anilines is 1. The molecule has 0 fully saturated rings. The van der Waals surface area contributed by atoms with E-state index in [0.717, 1.165) is 11.8 Å². The van der Waals surface area contributed by atoms with Crippen LogP contribution < -0.4 is 20.3 Å². The molecule has 0 unspecified atom stereocenters. The van der Waals surface area contributed by atoms with Crippen molar-refractivity contribution in [3.8, 4) is 11.5 Å². The van der Waals surface area contributed by atoms with Crippen LogP contribution in [0.1, 0.15) is 24.9 Å². The zero-order valence-electron chi connectivity index (χ0n) is 18.8. The molecule has 0 radical (unpaired) electrons. The van der Waals surface area contributed by atoms with Crippen molar-refractivity contribution in [3.05, 3.63) is 52.1 Å². The summed E-state index contributed by atoms with van der Waals surface area (Å²) < 4.78 is 25.8. The van der Waals surface area contributed by atoms with Gasteiger partial charge in [0.15, 0.2) is 16.7 Å². The molecule has 2 aromatic carbocycles. The highest BCUT2D eigenvalue weighted by Gasteiger charge is 2.21. The summed E-state index contributed by atoms with van der Waals surface area (Å²) in [4.78, 5) is 30.4. The number of hydrogen-bond acceptors (Lipinski definition) is 7. The Hall–Kier alpha value is -3.11. The fourth-order valence-electron chi connectivity index (χ4n) is 3.32. The van der Waals surface area contributed by atoms with Gasteiger partial charge in [-0.1, -0.05) is 24.8 Å². The first kappa shape index (κ1) is 24.5. The zero-order chi connectivity index (χ0) is 24.1. The van der Waals surface area contributed by atoms with E-state index in [4.69, 9.17) is 9.47 Å². The Bertz CT molecular complexity index is 1230. The number of hydrogen-bond donors (Lipinski definition) is 2. The Morgan fingerprint density at radius 1 is 1.24 bits per heavy atom. The number of aliphatic hydroxyl groups is 1. The summed E-state index contributed by atoms with van der Waals surface area (Å²) in [5.74, 6) is -0.0589. The zero-order valence-corrected chi connectivity index (χ0v) is 19.7. The maximum absolute atomic E-state index is 13.8. The predicted molar refractivity (Wildman–Crippen MR) is 126 cm³/mol. The number of carbonyl (C=O) groups is 1. The first-order valence-corrected chi connectivity index (χ1v) is 11.3. The molecule has 1 atom stereocenters. The van der Waals surface area contributed by atoms with Crippen LogP contribution in [-0.4, -0.2) is 47.1 Å². The van der Waals surface area contributed by atoms with E-state index >= 15 is 0 Å². The number of rotatable bonds is 9. The highest BCUT2D eigenvalue weighted by atomic mass is 32.2. The van der Waals surface area contributed by atoms with Crippen LogP contribution in [0.15, 0.2) is 40.3 Å². The number of amides is 1. The van der Waals surface area contributed by atoms with Gasteiger partial charge in [-0.05, 0) is 37.1 Å². The van der Waals surface area contributed by atoms with Crippen molar-refractivity contribution in [2.24, 2.45) is 0 Å². The largest absolute Gasteiger partial charge is 0.493 e. The number of halogens is 1. The van der Waals surface area contributed by atoms with Crippen molar-refractivity contribution in [2.45, 2.75) is 31.5 Å². The molecule has 0 saturated carbocycles. The van der Waals surface area contributed by atoms with Crippen LogP contribution in [-0.2, 0) is 4.79 Å². The molecule has 10 heteroatoms. The molecular weight excluding hydrogens is 449 g/mol. The van der Waals surface area contributed by atoms with Gasteiger partial charge in [-0.2, -0.15) is 0 Å². The van der Waals surface area contributed by atoms with Crippen LogP contribution in [0.3, 0.4) is 0 Å². The van der Waals surface area contributed by atoms with E-state index in [9.17, 15) is 19.1 Å². The van der Waals surface area contributed by atoms with Crippen LogP contribution in [0.5, 0.6) is 11.5 Å². The van der Waals surface area contributed by atoms with Gasteiger partial charge in [0, 0.05) is 11.8 Å². The van der Waals surface area contributed by atoms with Crippen LogP contribution in [0, 0.1) is 12.7 Å². The molecule has 8 nitrogen and oxygen atoms in total. The molecule has 2 N–H and O–H groups in total. The Morgan fingerprint density at radius 3 is 2.55 bits per heavy atom. The molecule has 0 spiro atoms. The van der Waals surface area contributed by atoms with Gasteiger partial charge in [-0.15, -0.1) is 0 Å². The van der Waals surface area contributed by atoms with E-state index in [2.05, 4.69) is 10.3 Å². The number of carbonyl (C=O) groups excluding carboxylic acids is 1. The fraction of sp³-hybridized carbons (Fsp3) is 0.348. The molecule has 1 heterocycles. The Balaban J connectivity index is 1.97. The van der Waals surface area contributed by atoms with Crippen molar-refractivity contribution in [3.63, 3.8) is 0 Å². The van der Waals surface area contributed by atoms with Crippen LogP contribution in [0.2, 0.25) is 0 Å². The third-order valence-corrected chi connectivity index (χ3v) is 6.16. The van der Waals surface area contributed by atoms with E-state index in [1.54, 1.807) is 31.2 Å². The summed E-state index contributed by atoms with van der Waals surface area (Å²) in [7, 11) is 2.96. The SMILES string of the molecule is CC[C@@H](CO)n1c(SCC(=O)Nc2ccc(C)c(F)c2)nc2cc(OC)c(OC)cc2c1=O. The Morgan fingerprint density at radius 2 is 1.94 bits per heavy atom. The van der Waals surface area contributed by atoms with Crippen LogP contribution in [0.25, 0.3) is 10.9 Å². The number of aromatic nitrogens is 2. The molecule has 1 aromatic heterocycles. The maximum atomic E-state index is 13.8. The molecule has 0 aliphatic heterocycles. The van der Waals surface area contributed by atoms with Gasteiger partial charge >= 0.3 is 0 Å². The summed E-state index contributed by atoms with van der Waals surface area (Å²) in [6, 6.07) is 7.08. The van der Waals surface area contributed by atoms with Crippen molar-refractivity contribution < 1.29 is 23.8 Å². The molecule has 0 saturated heterocycles. The van der Waals surface area contributed by atoms with Gasteiger partial charge in [0.1, 0.15) is 5.82 Å². The van der Waals surface area contributed by atoms with Crippen molar-refractivity contribution in [2.75, 3.05) is 31.9 Å². The lowest BCUT2D eigenvalue weighted by molar-refractivity contribution is -0.113. The van der Waals surface area contributed by atoms with Crippen molar-refractivity contribution in [1.29, 1.82) is 0 Å². The quantitative estimate of drug-likeness (QED) is 0.360. The smallest absolute Gasteiger partial charge is 0.262 e. The lowest BCUT2D eigenvalue weighted by Gasteiger charge is -2.20. The second-order valence-corrected chi connectivity index (χ2v) is 8.28. The second-order valence-electron chi connectivity index (χ2n) is 7.34. The Kier molecular flexibility index (Phi) is 7.93. The molecule has 0 bridgehead atoms. The minimum Gasteiger partial charge on any atom is -0.493 e. The molecule has 0 aliphatic rings. The van der Waals surface area contributed by atoms with Gasteiger partial charge in [0.2, 0.25) is 5.91 Å². The van der Waals surface area contributed by atoms with Crippen LogP contribution >= 0.6 is 11.8 Å². The summed E-state index contributed by atoms with van der Waals surface area (Å²) in [6.45, 7) is 3.22. The molecule has 33 heavy (non-hydrogen) atoms. The van der Waals surface area contributed by atoms with Gasteiger partial charge in [-0.25, -0.2) is 9.37 Å². The topological polar surface area (TPSA) is 103 Å². The van der Waals surface area contributed by atoms with Gasteiger partial charge in [0.25, 0.3) is 5.56 Å². The molecule has 3 aromatic rings. The van der Waals surface area contributed by atoms with E-state index in [-0.39, 0.29) is 29.0 Å². The number of benzene rings is 2. The second kappa shape index (κ2) is 10.7. The normalized spacial score (nSPS) is 11.9. The highest BCUT2D eigenvalue weighted by Crippen LogP contribution is 2.32. The molecular formula is C23H26FN3O5S. The first-order valence-electron chi connectivity index (χ1n) is 10.3. The number of aryl methyl sites for hydroxylation is 1. The third kappa shape index (κ3) is 5.28. The number of methoxy groups -OCH3 is 2. The van der Waals surface area contributed by atoms with Gasteiger partial charge in [0.05, 0.1) is 43.5 Å². The monoisotopic (exact) mass is 475 g/mol. The van der Waals surface area contributed by atoms with E-state index in [1.165, 1.54) is 24.9 Å². The number of nitrogens with zero attached hydrogens (tertiary/aromatic N) is 2. The summed E-state index contributed by atoms with van der Waals surface area (Å²) in [6.07, 6.45) is 0.485. The maximum Gasteiger partial charge on any atom is 0.262 e. The molecule has 176 valence electrons. The van der Waals surface area contributed by atoms with Crippen molar-refractivity contribution >= 4 is 34.3 Å². The average molecular weight is 476 g/mol. The molecule has 3 rings (SSSR count). The van der Waals surface area contributed by atoms with E-state index in [1.807, 2.05) is 6.92 Å². The molecule has 1 amide bonds. The van der Waals surface area contributed by atoms with Crippen molar-refractivity contribution in [1.82, 2.24) is 9.55 Å². The average Bonchev–Trinajstić information content (AvgIpc) is 2.81. The van der Waals surface area contributed by atoms with E-state index < -0.39 is 11.9 Å². The lowest BCUT2D eigenvalue weighted by Crippen LogP contribution is -2.29. The van der Waals surface area contributed by atoms with E-state index in [0.29, 0.717) is 40.1 Å². The van der Waals surface area contributed by atoms with Crippen LogP contribution in [0.4, 0.5) is 10.1 Å². The fourth-order valence-corrected chi connectivity index (χ4v) is 4.19.